The molecule has 1 unspecified atom stereocenters. The zero-order valence-electron chi connectivity index (χ0n) is 11.2. The number of hydrogen-bond acceptors (Lipinski definition) is 3. The lowest BCUT2D eigenvalue weighted by Gasteiger charge is -2.17. The maximum atomic E-state index is 11.7. The number of benzene rings is 1. The molecule has 0 saturated heterocycles. The number of anilines is 2. The molecule has 0 aliphatic rings. The van der Waals surface area contributed by atoms with Crippen molar-refractivity contribution in [2.75, 3.05) is 31.7 Å². The van der Waals surface area contributed by atoms with E-state index in [1.165, 1.54) is 0 Å². The SMILES string of the molecule is CC(CCN(C)C)NC(=O)Nc1ccc(N)cc1. The second-order valence-corrected chi connectivity index (χ2v) is 4.71. The molecule has 2 amide bonds. The zero-order chi connectivity index (χ0) is 13.5. The Bertz CT molecular complexity index is 375. The van der Waals surface area contributed by atoms with Gasteiger partial charge in [0.1, 0.15) is 0 Å². The average molecular weight is 250 g/mol. The molecule has 1 atom stereocenters. The zero-order valence-corrected chi connectivity index (χ0v) is 11.2. The molecule has 0 saturated carbocycles. The first-order valence-electron chi connectivity index (χ1n) is 6.05. The molecule has 0 radical (unpaired) electrons. The Balaban J connectivity index is 2.34. The number of nitrogens with two attached hydrogens (primary N) is 1. The summed E-state index contributed by atoms with van der Waals surface area (Å²) < 4.78 is 0. The van der Waals surface area contributed by atoms with Gasteiger partial charge >= 0.3 is 6.03 Å². The van der Waals surface area contributed by atoms with Gasteiger partial charge < -0.3 is 21.3 Å². The molecule has 0 bridgehead atoms. The molecule has 0 aliphatic heterocycles. The number of urea groups is 1. The normalized spacial score (nSPS) is 12.2. The van der Waals surface area contributed by atoms with E-state index in [9.17, 15) is 4.79 Å². The number of nitrogens with one attached hydrogen (secondary N) is 2. The second-order valence-electron chi connectivity index (χ2n) is 4.71. The van der Waals surface area contributed by atoms with E-state index in [4.69, 9.17) is 5.73 Å². The van der Waals surface area contributed by atoms with Crippen molar-refractivity contribution in [1.29, 1.82) is 0 Å². The van der Waals surface area contributed by atoms with Crippen molar-refractivity contribution in [3.63, 3.8) is 0 Å². The van der Waals surface area contributed by atoms with Crippen LogP contribution in [0.1, 0.15) is 13.3 Å². The Hall–Kier alpha value is -1.75. The summed E-state index contributed by atoms with van der Waals surface area (Å²) in [6.07, 6.45) is 0.919. The van der Waals surface area contributed by atoms with Gasteiger partial charge in [-0.25, -0.2) is 4.79 Å². The maximum absolute atomic E-state index is 11.7. The van der Waals surface area contributed by atoms with Crippen molar-refractivity contribution >= 4 is 17.4 Å². The number of rotatable bonds is 5. The summed E-state index contributed by atoms with van der Waals surface area (Å²) in [7, 11) is 4.03. The minimum Gasteiger partial charge on any atom is -0.399 e. The van der Waals surface area contributed by atoms with E-state index in [-0.39, 0.29) is 12.1 Å². The molecule has 5 heteroatoms. The van der Waals surface area contributed by atoms with Crippen LogP contribution in [0.4, 0.5) is 16.2 Å². The summed E-state index contributed by atoms with van der Waals surface area (Å²) in [5.41, 5.74) is 6.99. The molecule has 5 nitrogen and oxygen atoms in total. The van der Waals surface area contributed by atoms with Crippen LogP contribution in [0.2, 0.25) is 0 Å². The molecule has 100 valence electrons. The number of amides is 2. The van der Waals surface area contributed by atoms with E-state index in [1.807, 2.05) is 21.0 Å². The first-order valence-corrected chi connectivity index (χ1v) is 6.05. The Morgan fingerprint density at radius 3 is 2.50 bits per heavy atom. The van der Waals surface area contributed by atoms with Gasteiger partial charge in [-0.15, -0.1) is 0 Å². The van der Waals surface area contributed by atoms with E-state index in [1.54, 1.807) is 24.3 Å². The molecule has 0 aromatic heterocycles. The fourth-order valence-corrected chi connectivity index (χ4v) is 1.48. The molecule has 0 heterocycles. The number of nitrogen functional groups attached to an aromatic ring is 1. The topological polar surface area (TPSA) is 70.4 Å². The van der Waals surface area contributed by atoms with Crippen molar-refractivity contribution in [2.24, 2.45) is 0 Å². The van der Waals surface area contributed by atoms with Crippen LogP contribution in [-0.4, -0.2) is 37.6 Å². The van der Waals surface area contributed by atoms with Gasteiger partial charge in [-0.05, 0) is 58.3 Å². The standard InChI is InChI=1S/C13H22N4O/c1-10(8-9-17(2)3)15-13(18)16-12-6-4-11(14)5-7-12/h4-7,10H,8-9,14H2,1-3H3,(H2,15,16,18). The smallest absolute Gasteiger partial charge is 0.319 e. The first kappa shape index (κ1) is 14.3. The Labute approximate surface area is 108 Å². The number of carbonyl (C=O) groups is 1. The van der Waals surface area contributed by atoms with Gasteiger partial charge in [0.05, 0.1) is 0 Å². The van der Waals surface area contributed by atoms with Crippen LogP contribution in [0, 0.1) is 0 Å². The van der Waals surface area contributed by atoms with Crippen molar-refractivity contribution < 1.29 is 4.79 Å². The lowest BCUT2D eigenvalue weighted by atomic mass is 10.2. The van der Waals surface area contributed by atoms with Crippen LogP contribution in [0.5, 0.6) is 0 Å². The predicted molar refractivity (Wildman–Crippen MR) is 75.6 cm³/mol. The van der Waals surface area contributed by atoms with E-state index in [0.717, 1.165) is 18.7 Å². The van der Waals surface area contributed by atoms with Gasteiger partial charge in [0.15, 0.2) is 0 Å². The monoisotopic (exact) mass is 250 g/mol. The molecular weight excluding hydrogens is 228 g/mol. The number of carbonyl (C=O) groups excluding carboxylic acids is 1. The highest BCUT2D eigenvalue weighted by atomic mass is 16.2. The molecule has 18 heavy (non-hydrogen) atoms. The minimum atomic E-state index is -0.189. The Kier molecular flexibility index (Phi) is 5.45. The van der Waals surface area contributed by atoms with Crippen molar-refractivity contribution in [3.05, 3.63) is 24.3 Å². The molecular formula is C13H22N4O. The number of nitrogens with zero attached hydrogens (tertiary/aromatic N) is 1. The molecule has 0 aliphatic carbocycles. The summed E-state index contributed by atoms with van der Waals surface area (Å²) >= 11 is 0. The largest absolute Gasteiger partial charge is 0.399 e. The van der Waals surface area contributed by atoms with Crippen molar-refractivity contribution in [3.8, 4) is 0 Å². The highest BCUT2D eigenvalue weighted by Crippen LogP contribution is 2.10. The highest BCUT2D eigenvalue weighted by molar-refractivity contribution is 5.89. The predicted octanol–water partition coefficient (Wildman–Crippen LogP) is 1.73. The minimum absolute atomic E-state index is 0.140. The lowest BCUT2D eigenvalue weighted by Crippen LogP contribution is -2.37. The van der Waals surface area contributed by atoms with E-state index >= 15 is 0 Å². The van der Waals surface area contributed by atoms with E-state index < -0.39 is 0 Å². The maximum Gasteiger partial charge on any atom is 0.319 e. The Morgan fingerprint density at radius 1 is 1.33 bits per heavy atom. The van der Waals surface area contributed by atoms with Gasteiger partial charge in [0, 0.05) is 17.4 Å². The molecule has 0 fully saturated rings. The third kappa shape index (κ3) is 5.54. The van der Waals surface area contributed by atoms with E-state index in [0.29, 0.717) is 5.69 Å². The van der Waals surface area contributed by atoms with Gasteiger partial charge in [-0.1, -0.05) is 0 Å². The van der Waals surface area contributed by atoms with Crippen molar-refractivity contribution in [2.45, 2.75) is 19.4 Å². The lowest BCUT2D eigenvalue weighted by molar-refractivity contribution is 0.247. The van der Waals surface area contributed by atoms with Crippen LogP contribution in [0.25, 0.3) is 0 Å². The highest BCUT2D eigenvalue weighted by Gasteiger charge is 2.07. The Morgan fingerprint density at radius 2 is 1.94 bits per heavy atom. The summed E-state index contributed by atoms with van der Waals surface area (Å²) in [5, 5.41) is 5.66. The van der Waals surface area contributed by atoms with Crippen LogP contribution < -0.4 is 16.4 Å². The molecule has 1 rings (SSSR count). The van der Waals surface area contributed by atoms with Gasteiger partial charge in [-0.2, -0.15) is 0 Å². The van der Waals surface area contributed by atoms with Gasteiger partial charge in [-0.3, -0.25) is 0 Å². The molecule has 0 spiro atoms. The van der Waals surface area contributed by atoms with Crippen molar-refractivity contribution in [1.82, 2.24) is 10.2 Å². The summed E-state index contributed by atoms with van der Waals surface area (Å²) in [6.45, 7) is 2.94. The van der Waals surface area contributed by atoms with Crippen LogP contribution in [-0.2, 0) is 0 Å². The van der Waals surface area contributed by atoms with Crippen LogP contribution in [0.3, 0.4) is 0 Å². The van der Waals surface area contributed by atoms with Gasteiger partial charge in [0.25, 0.3) is 0 Å². The molecule has 1 aromatic rings. The second kappa shape index (κ2) is 6.86. The summed E-state index contributed by atoms with van der Waals surface area (Å²) in [5.74, 6) is 0. The number of hydrogen-bond donors (Lipinski definition) is 3. The first-order chi connectivity index (χ1) is 8.47. The molecule has 4 N–H and O–H groups in total. The summed E-state index contributed by atoms with van der Waals surface area (Å²) in [4.78, 5) is 13.8. The van der Waals surface area contributed by atoms with Crippen LogP contribution in [0.15, 0.2) is 24.3 Å². The van der Waals surface area contributed by atoms with Crippen LogP contribution >= 0.6 is 0 Å². The third-order valence-corrected chi connectivity index (χ3v) is 2.56. The summed E-state index contributed by atoms with van der Waals surface area (Å²) in [6, 6.07) is 7.02. The fraction of sp³-hybridized carbons (Fsp3) is 0.462. The fourth-order valence-electron chi connectivity index (χ4n) is 1.48. The van der Waals surface area contributed by atoms with E-state index in [2.05, 4.69) is 15.5 Å². The van der Waals surface area contributed by atoms with Gasteiger partial charge in [0.2, 0.25) is 0 Å². The third-order valence-electron chi connectivity index (χ3n) is 2.56. The quantitative estimate of drug-likeness (QED) is 0.697. The average Bonchev–Trinajstić information content (AvgIpc) is 2.29. The molecule has 1 aromatic carbocycles.